The van der Waals surface area contributed by atoms with Crippen LogP contribution in [-0.2, 0) is 16.9 Å². The molecular weight excluding hydrogens is 280 g/mol. The second-order valence-corrected chi connectivity index (χ2v) is 6.28. The minimum atomic E-state index is -3.50. The molecule has 0 radical (unpaired) electrons. The van der Waals surface area contributed by atoms with Gasteiger partial charge in [-0.15, -0.1) is 10.2 Å². The van der Waals surface area contributed by atoms with Crippen LogP contribution in [0.25, 0.3) is 11.6 Å². The zero-order valence-corrected chi connectivity index (χ0v) is 11.8. The lowest BCUT2D eigenvalue weighted by Gasteiger charge is -2.03. The molecule has 0 amide bonds. The van der Waals surface area contributed by atoms with E-state index in [9.17, 15) is 8.42 Å². The van der Waals surface area contributed by atoms with Crippen molar-refractivity contribution in [1.29, 1.82) is 5.26 Å². The predicted octanol–water partition coefficient (Wildman–Crippen LogP) is 1.54. The molecule has 8 heteroatoms. The SMILES string of the molecule is Cn1c(-c2ccco2)nnc1S(=O)(=O)CCCCC#N. The molecule has 0 spiro atoms. The molecule has 0 saturated heterocycles. The maximum Gasteiger partial charge on any atom is 0.249 e. The normalized spacial score (nSPS) is 11.4. The van der Waals surface area contributed by atoms with Crippen LogP contribution in [0.15, 0.2) is 28.0 Å². The van der Waals surface area contributed by atoms with E-state index in [1.807, 2.05) is 6.07 Å². The van der Waals surface area contributed by atoms with Crippen LogP contribution in [-0.4, -0.2) is 28.9 Å². The summed E-state index contributed by atoms with van der Waals surface area (Å²) in [5.41, 5.74) is 0. The third-order valence-corrected chi connectivity index (χ3v) is 4.54. The van der Waals surface area contributed by atoms with Crippen LogP contribution in [0.3, 0.4) is 0 Å². The quantitative estimate of drug-likeness (QED) is 0.749. The smallest absolute Gasteiger partial charge is 0.249 e. The standard InChI is InChI=1S/C12H14N4O3S/c1-16-11(10-6-5-8-19-10)14-15-12(16)20(17,18)9-4-2-3-7-13/h5-6,8H,2-4,9H2,1H3. The Labute approximate surface area is 116 Å². The van der Waals surface area contributed by atoms with E-state index in [1.165, 1.54) is 10.8 Å². The highest BCUT2D eigenvalue weighted by Crippen LogP contribution is 2.20. The number of rotatable bonds is 6. The number of nitriles is 1. The molecule has 2 aromatic heterocycles. The Morgan fingerprint density at radius 1 is 1.40 bits per heavy atom. The summed E-state index contributed by atoms with van der Waals surface area (Å²) >= 11 is 0. The highest BCUT2D eigenvalue weighted by atomic mass is 32.2. The Morgan fingerprint density at radius 2 is 2.20 bits per heavy atom. The lowest BCUT2D eigenvalue weighted by Crippen LogP contribution is -2.13. The van der Waals surface area contributed by atoms with Crippen molar-refractivity contribution in [2.24, 2.45) is 7.05 Å². The molecule has 106 valence electrons. The summed E-state index contributed by atoms with van der Waals surface area (Å²) in [5.74, 6) is 0.787. The van der Waals surface area contributed by atoms with Crippen molar-refractivity contribution in [2.75, 3.05) is 5.75 Å². The van der Waals surface area contributed by atoms with Gasteiger partial charge in [0.1, 0.15) is 0 Å². The molecule has 7 nitrogen and oxygen atoms in total. The summed E-state index contributed by atoms with van der Waals surface area (Å²) in [4.78, 5) is 0. The van der Waals surface area contributed by atoms with Gasteiger partial charge in [-0.1, -0.05) is 0 Å². The molecule has 0 bridgehead atoms. The van der Waals surface area contributed by atoms with Gasteiger partial charge in [0.05, 0.1) is 18.1 Å². The van der Waals surface area contributed by atoms with Gasteiger partial charge in [0.25, 0.3) is 0 Å². The molecular formula is C12H14N4O3S. The molecule has 2 heterocycles. The Kier molecular flexibility index (Phi) is 4.20. The van der Waals surface area contributed by atoms with E-state index in [2.05, 4.69) is 10.2 Å². The van der Waals surface area contributed by atoms with Crippen molar-refractivity contribution in [1.82, 2.24) is 14.8 Å². The number of aromatic nitrogens is 3. The van der Waals surface area contributed by atoms with Gasteiger partial charge in [0.2, 0.25) is 15.0 Å². The van der Waals surface area contributed by atoms with E-state index in [0.717, 1.165) is 0 Å². The van der Waals surface area contributed by atoms with Gasteiger partial charge in [-0.05, 0) is 25.0 Å². The third kappa shape index (κ3) is 2.88. The third-order valence-electron chi connectivity index (χ3n) is 2.81. The number of hydrogen-bond acceptors (Lipinski definition) is 6. The average Bonchev–Trinajstić information content (AvgIpc) is 3.03. The Morgan fingerprint density at radius 3 is 2.85 bits per heavy atom. The first kappa shape index (κ1) is 14.3. The van der Waals surface area contributed by atoms with Crippen molar-refractivity contribution in [3.05, 3.63) is 18.4 Å². The number of hydrogen-bond donors (Lipinski definition) is 0. The molecule has 20 heavy (non-hydrogen) atoms. The van der Waals surface area contributed by atoms with Crippen LogP contribution in [0.2, 0.25) is 0 Å². The first-order valence-corrected chi connectivity index (χ1v) is 7.74. The summed E-state index contributed by atoms with van der Waals surface area (Å²) in [6, 6.07) is 5.37. The molecule has 0 aliphatic heterocycles. The summed E-state index contributed by atoms with van der Waals surface area (Å²) in [5, 5.41) is 15.9. The fourth-order valence-corrected chi connectivity index (χ4v) is 3.23. The highest BCUT2D eigenvalue weighted by Gasteiger charge is 2.23. The van der Waals surface area contributed by atoms with Crippen molar-refractivity contribution >= 4 is 9.84 Å². The van der Waals surface area contributed by atoms with Gasteiger partial charge in [-0.2, -0.15) is 5.26 Å². The van der Waals surface area contributed by atoms with Crippen molar-refractivity contribution in [3.8, 4) is 17.7 Å². The Bertz CT molecular complexity index is 710. The molecule has 0 fully saturated rings. The van der Waals surface area contributed by atoms with Gasteiger partial charge in [0.15, 0.2) is 11.6 Å². The van der Waals surface area contributed by atoms with Gasteiger partial charge in [-0.3, -0.25) is 4.57 Å². The molecule has 0 saturated carbocycles. The van der Waals surface area contributed by atoms with Crippen LogP contribution in [0.4, 0.5) is 0 Å². The Balaban J connectivity index is 2.19. The van der Waals surface area contributed by atoms with Crippen LogP contribution in [0.5, 0.6) is 0 Å². The van der Waals surface area contributed by atoms with Gasteiger partial charge < -0.3 is 4.42 Å². The van der Waals surface area contributed by atoms with E-state index in [0.29, 0.717) is 30.8 Å². The largest absolute Gasteiger partial charge is 0.461 e. The lowest BCUT2D eigenvalue weighted by atomic mass is 10.3. The maximum atomic E-state index is 12.2. The predicted molar refractivity (Wildman–Crippen MR) is 70.2 cm³/mol. The summed E-state index contributed by atoms with van der Waals surface area (Å²) < 4.78 is 30.9. The van der Waals surface area contributed by atoms with Crippen LogP contribution in [0, 0.1) is 11.3 Å². The maximum absolute atomic E-state index is 12.2. The second-order valence-electron chi connectivity index (χ2n) is 4.28. The number of nitrogens with zero attached hydrogens (tertiary/aromatic N) is 4. The number of sulfone groups is 1. The van der Waals surface area contributed by atoms with Crippen LogP contribution < -0.4 is 0 Å². The first-order valence-electron chi connectivity index (χ1n) is 6.09. The Hall–Kier alpha value is -2.14. The molecule has 0 atom stereocenters. The zero-order valence-electron chi connectivity index (χ0n) is 11.0. The van der Waals surface area contributed by atoms with E-state index < -0.39 is 9.84 Å². The number of unbranched alkanes of at least 4 members (excludes halogenated alkanes) is 2. The minimum absolute atomic E-state index is 0.0428. The molecule has 0 unspecified atom stereocenters. The zero-order chi connectivity index (χ0) is 14.6. The van der Waals surface area contributed by atoms with E-state index in [-0.39, 0.29) is 10.9 Å². The van der Waals surface area contributed by atoms with E-state index in [4.69, 9.17) is 9.68 Å². The molecule has 2 aromatic rings. The van der Waals surface area contributed by atoms with E-state index >= 15 is 0 Å². The molecule has 0 aliphatic carbocycles. The summed E-state index contributed by atoms with van der Waals surface area (Å²) in [6.45, 7) is 0. The summed E-state index contributed by atoms with van der Waals surface area (Å²) in [7, 11) is -1.92. The van der Waals surface area contributed by atoms with Crippen molar-refractivity contribution < 1.29 is 12.8 Å². The lowest BCUT2D eigenvalue weighted by molar-refractivity contribution is 0.565. The minimum Gasteiger partial charge on any atom is -0.461 e. The molecule has 0 aromatic carbocycles. The molecule has 2 rings (SSSR count). The van der Waals surface area contributed by atoms with Crippen LogP contribution >= 0.6 is 0 Å². The summed E-state index contributed by atoms with van der Waals surface area (Å²) in [6.07, 6.45) is 2.82. The number of furan rings is 1. The van der Waals surface area contributed by atoms with Gasteiger partial charge in [-0.25, -0.2) is 8.42 Å². The van der Waals surface area contributed by atoms with E-state index in [1.54, 1.807) is 19.2 Å². The van der Waals surface area contributed by atoms with Crippen molar-refractivity contribution in [2.45, 2.75) is 24.4 Å². The van der Waals surface area contributed by atoms with Crippen LogP contribution in [0.1, 0.15) is 19.3 Å². The molecule has 0 N–H and O–H groups in total. The highest BCUT2D eigenvalue weighted by molar-refractivity contribution is 7.91. The topological polar surface area (TPSA) is 102 Å². The van der Waals surface area contributed by atoms with Gasteiger partial charge >= 0.3 is 0 Å². The second kappa shape index (κ2) is 5.88. The fraction of sp³-hybridized carbons (Fsp3) is 0.417. The monoisotopic (exact) mass is 294 g/mol. The van der Waals surface area contributed by atoms with Crippen molar-refractivity contribution in [3.63, 3.8) is 0 Å². The first-order chi connectivity index (χ1) is 9.56. The van der Waals surface area contributed by atoms with Gasteiger partial charge in [0, 0.05) is 13.5 Å². The average molecular weight is 294 g/mol. The fourth-order valence-electron chi connectivity index (χ4n) is 1.79. The molecule has 0 aliphatic rings.